The molecular formula is C14H20F2N2O2S. The number of nitrogen functional groups attached to an aromatic ring is 1. The molecule has 0 radical (unpaired) electrons. The average molecular weight is 318 g/mol. The van der Waals surface area contributed by atoms with Gasteiger partial charge in [0.05, 0.1) is 0 Å². The summed E-state index contributed by atoms with van der Waals surface area (Å²) < 4.78 is 54.0. The van der Waals surface area contributed by atoms with Crippen molar-refractivity contribution in [2.45, 2.75) is 55.9 Å². The Kier molecular flexibility index (Phi) is 5.16. The van der Waals surface area contributed by atoms with Gasteiger partial charge >= 0.3 is 0 Å². The predicted molar refractivity (Wildman–Crippen MR) is 77.2 cm³/mol. The Hall–Kier alpha value is -1.21. The predicted octanol–water partition coefficient (Wildman–Crippen LogP) is 2.94. The van der Waals surface area contributed by atoms with Crippen LogP contribution < -0.4 is 10.5 Å². The number of benzene rings is 1. The highest BCUT2D eigenvalue weighted by atomic mass is 32.2. The molecule has 0 aromatic heterocycles. The van der Waals surface area contributed by atoms with E-state index in [2.05, 4.69) is 4.72 Å². The Morgan fingerprint density at radius 1 is 1.05 bits per heavy atom. The third-order valence-corrected chi connectivity index (χ3v) is 5.35. The zero-order chi connectivity index (χ0) is 15.5. The van der Waals surface area contributed by atoms with Gasteiger partial charge < -0.3 is 5.73 Å². The highest BCUT2D eigenvalue weighted by molar-refractivity contribution is 7.89. The summed E-state index contributed by atoms with van der Waals surface area (Å²) in [6.45, 7) is 0. The lowest BCUT2D eigenvalue weighted by molar-refractivity contribution is 0.425. The van der Waals surface area contributed by atoms with Gasteiger partial charge in [-0.05, 0) is 25.0 Å². The molecule has 0 bridgehead atoms. The largest absolute Gasteiger partial charge is 0.394 e. The summed E-state index contributed by atoms with van der Waals surface area (Å²) in [5.74, 6) is -2.19. The van der Waals surface area contributed by atoms with Crippen molar-refractivity contribution in [3.05, 3.63) is 23.8 Å². The Balaban J connectivity index is 2.19. The zero-order valence-corrected chi connectivity index (χ0v) is 12.6. The monoisotopic (exact) mass is 318 g/mol. The topological polar surface area (TPSA) is 72.2 Å². The van der Waals surface area contributed by atoms with Crippen LogP contribution in [0.2, 0.25) is 0 Å². The van der Waals surface area contributed by atoms with E-state index in [0.29, 0.717) is 0 Å². The standard InChI is InChI=1S/C14H20F2N2O2S/c15-11-8-9-12(13(16)14(11)17)21(19,20)18-10-6-4-2-1-3-5-7-10/h8-10,18H,1-7,17H2. The number of hydrogen-bond acceptors (Lipinski definition) is 3. The highest BCUT2D eigenvalue weighted by Crippen LogP contribution is 2.24. The van der Waals surface area contributed by atoms with Crippen molar-refractivity contribution in [1.29, 1.82) is 0 Å². The van der Waals surface area contributed by atoms with Gasteiger partial charge in [0.25, 0.3) is 0 Å². The van der Waals surface area contributed by atoms with E-state index in [9.17, 15) is 17.2 Å². The lowest BCUT2D eigenvalue weighted by Gasteiger charge is -2.21. The molecule has 1 aliphatic carbocycles. The van der Waals surface area contributed by atoms with Crippen molar-refractivity contribution >= 4 is 15.7 Å². The maximum atomic E-state index is 13.9. The van der Waals surface area contributed by atoms with Gasteiger partial charge in [-0.25, -0.2) is 21.9 Å². The van der Waals surface area contributed by atoms with Gasteiger partial charge in [0.1, 0.15) is 16.4 Å². The highest BCUT2D eigenvalue weighted by Gasteiger charge is 2.25. The Bertz CT molecular complexity index is 597. The fraction of sp³-hybridized carbons (Fsp3) is 0.571. The molecule has 21 heavy (non-hydrogen) atoms. The van der Waals surface area contributed by atoms with Crippen LogP contribution in [0.25, 0.3) is 0 Å². The molecule has 1 aliphatic rings. The smallest absolute Gasteiger partial charge is 0.243 e. The van der Waals surface area contributed by atoms with Crippen molar-refractivity contribution < 1.29 is 17.2 Å². The van der Waals surface area contributed by atoms with Gasteiger partial charge in [-0.3, -0.25) is 0 Å². The molecule has 1 aromatic rings. The number of rotatable bonds is 3. The van der Waals surface area contributed by atoms with E-state index in [1.165, 1.54) is 6.42 Å². The van der Waals surface area contributed by atoms with Crippen LogP contribution in [0.1, 0.15) is 44.9 Å². The maximum Gasteiger partial charge on any atom is 0.243 e. The van der Waals surface area contributed by atoms with Crippen molar-refractivity contribution in [2.24, 2.45) is 0 Å². The zero-order valence-electron chi connectivity index (χ0n) is 11.7. The third-order valence-electron chi connectivity index (χ3n) is 3.81. The van der Waals surface area contributed by atoms with Gasteiger partial charge in [-0.2, -0.15) is 0 Å². The number of hydrogen-bond donors (Lipinski definition) is 2. The summed E-state index contributed by atoms with van der Waals surface area (Å²) in [4.78, 5) is -0.594. The van der Waals surface area contributed by atoms with Gasteiger partial charge in [-0.1, -0.05) is 32.1 Å². The van der Waals surface area contributed by atoms with E-state index in [1.54, 1.807) is 0 Å². The first kappa shape index (κ1) is 16.2. The van der Waals surface area contributed by atoms with E-state index >= 15 is 0 Å². The van der Waals surface area contributed by atoms with Crippen LogP contribution >= 0.6 is 0 Å². The molecule has 0 unspecified atom stereocenters. The molecule has 0 aliphatic heterocycles. The molecule has 4 nitrogen and oxygen atoms in total. The molecule has 2 rings (SSSR count). The number of sulfonamides is 1. The second kappa shape index (κ2) is 6.70. The summed E-state index contributed by atoms with van der Waals surface area (Å²) in [7, 11) is -4.03. The third kappa shape index (κ3) is 3.91. The molecule has 0 atom stereocenters. The van der Waals surface area contributed by atoms with Crippen molar-refractivity contribution in [3.63, 3.8) is 0 Å². The van der Waals surface area contributed by atoms with E-state index in [4.69, 9.17) is 5.73 Å². The quantitative estimate of drug-likeness (QED) is 0.842. The van der Waals surface area contributed by atoms with Crippen LogP contribution in [-0.4, -0.2) is 14.5 Å². The minimum Gasteiger partial charge on any atom is -0.394 e. The molecule has 1 fully saturated rings. The minimum absolute atomic E-state index is 0.207. The van der Waals surface area contributed by atoms with Gasteiger partial charge in [0.15, 0.2) is 5.82 Å². The lowest BCUT2D eigenvalue weighted by atomic mass is 9.97. The molecule has 3 N–H and O–H groups in total. The van der Waals surface area contributed by atoms with Crippen molar-refractivity contribution in [1.82, 2.24) is 4.72 Å². The van der Waals surface area contributed by atoms with E-state index in [1.807, 2.05) is 0 Å². The molecule has 118 valence electrons. The second-order valence-electron chi connectivity index (χ2n) is 5.44. The summed E-state index contributed by atoms with van der Waals surface area (Å²) in [6, 6.07) is 1.57. The van der Waals surface area contributed by atoms with Gasteiger partial charge in [0, 0.05) is 6.04 Å². The average Bonchev–Trinajstić information content (AvgIpc) is 2.38. The summed E-state index contributed by atoms with van der Waals surface area (Å²) in [5, 5.41) is 0. The number of nitrogens with one attached hydrogen (secondary N) is 1. The molecular weight excluding hydrogens is 298 g/mol. The number of halogens is 2. The van der Waals surface area contributed by atoms with Crippen LogP contribution in [-0.2, 0) is 10.0 Å². The fourth-order valence-corrected chi connectivity index (χ4v) is 4.01. The van der Waals surface area contributed by atoms with Crippen LogP contribution in [0.4, 0.5) is 14.5 Å². The first-order valence-corrected chi connectivity index (χ1v) is 8.66. The molecule has 0 saturated heterocycles. The summed E-state index contributed by atoms with van der Waals surface area (Å²) in [6.07, 6.45) is 6.69. The van der Waals surface area contributed by atoms with Gasteiger partial charge in [-0.15, -0.1) is 0 Å². The Labute approximate surface area is 123 Å². The van der Waals surface area contributed by atoms with Crippen LogP contribution in [0.15, 0.2) is 17.0 Å². The van der Waals surface area contributed by atoms with Crippen LogP contribution in [0.5, 0.6) is 0 Å². The van der Waals surface area contributed by atoms with Crippen LogP contribution in [0, 0.1) is 11.6 Å². The van der Waals surface area contributed by atoms with Gasteiger partial charge in [0.2, 0.25) is 10.0 Å². The minimum atomic E-state index is -4.03. The molecule has 0 amide bonds. The molecule has 1 saturated carbocycles. The SMILES string of the molecule is Nc1c(F)ccc(S(=O)(=O)NC2CCCCCCC2)c1F. The molecule has 0 spiro atoms. The van der Waals surface area contributed by atoms with E-state index < -0.39 is 32.2 Å². The van der Waals surface area contributed by atoms with Crippen molar-refractivity contribution in [3.8, 4) is 0 Å². The first-order valence-electron chi connectivity index (χ1n) is 7.17. The molecule has 1 aromatic carbocycles. The van der Waals surface area contributed by atoms with E-state index in [0.717, 1.165) is 50.7 Å². The van der Waals surface area contributed by atoms with Crippen LogP contribution in [0.3, 0.4) is 0 Å². The Morgan fingerprint density at radius 3 is 2.24 bits per heavy atom. The molecule has 0 heterocycles. The number of nitrogens with two attached hydrogens (primary N) is 1. The maximum absolute atomic E-state index is 13.9. The lowest BCUT2D eigenvalue weighted by Crippen LogP contribution is -2.35. The second-order valence-corrected chi connectivity index (χ2v) is 7.12. The summed E-state index contributed by atoms with van der Waals surface area (Å²) in [5.41, 5.74) is 4.45. The van der Waals surface area contributed by atoms with E-state index in [-0.39, 0.29) is 6.04 Å². The summed E-state index contributed by atoms with van der Waals surface area (Å²) >= 11 is 0. The number of anilines is 1. The normalized spacial score (nSPS) is 18.2. The Morgan fingerprint density at radius 2 is 1.62 bits per heavy atom. The molecule has 7 heteroatoms. The van der Waals surface area contributed by atoms with Crippen molar-refractivity contribution in [2.75, 3.05) is 5.73 Å². The fourth-order valence-electron chi connectivity index (χ4n) is 2.61. The first-order chi connectivity index (χ1) is 9.92.